The fourth-order valence-corrected chi connectivity index (χ4v) is 1.72. The van der Waals surface area contributed by atoms with Crippen molar-refractivity contribution in [1.29, 1.82) is 0 Å². The van der Waals surface area contributed by atoms with Gasteiger partial charge in [-0.15, -0.1) is 0 Å². The second-order valence-corrected chi connectivity index (χ2v) is 10.5. The average Bonchev–Trinajstić information content (AvgIpc) is 1.30. The molecule has 0 saturated heterocycles. The van der Waals surface area contributed by atoms with E-state index in [1.807, 2.05) is 6.92 Å². The van der Waals surface area contributed by atoms with E-state index in [4.69, 9.17) is 4.43 Å². The van der Waals surface area contributed by atoms with Gasteiger partial charge in [-0.3, -0.25) is 0 Å². The Morgan fingerprint density at radius 3 is 2.00 bits per heavy atom. The zero-order valence-corrected chi connectivity index (χ0v) is 7.58. The Labute approximate surface area is 53.8 Å². The van der Waals surface area contributed by atoms with Crippen molar-refractivity contribution in [3.8, 4) is 0 Å². The molecule has 0 rings (SSSR count). The van der Waals surface area contributed by atoms with Crippen LogP contribution in [0.5, 0.6) is 0 Å². The second kappa shape index (κ2) is 2.84. The minimum Gasteiger partial charge on any atom is -0.407 e. The van der Waals surface area contributed by atoms with Crippen LogP contribution >= 0.6 is 15.3 Å². The first kappa shape index (κ1) is 7.66. The predicted octanol–water partition coefficient (Wildman–Crippen LogP) is 2.12. The van der Waals surface area contributed by atoms with Crippen molar-refractivity contribution >= 4 is 22.2 Å². The van der Waals surface area contributed by atoms with Gasteiger partial charge in [-0.05, 0) is 20.0 Å². The van der Waals surface area contributed by atoms with E-state index in [1.54, 1.807) is 0 Å². The fourth-order valence-electron chi connectivity index (χ4n) is 0.343. The van der Waals surface area contributed by atoms with Gasteiger partial charge >= 0.3 is 0 Å². The summed E-state index contributed by atoms with van der Waals surface area (Å²) in [7, 11) is 0. The zero-order valence-electron chi connectivity index (χ0n) is 4.99. The highest BCUT2D eigenvalue weighted by molar-refractivity contribution is 9.25. The van der Waals surface area contributed by atoms with Gasteiger partial charge in [-0.25, -0.2) is 0 Å². The van der Waals surface area contributed by atoms with Gasteiger partial charge in [0, 0.05) is 6.61 Å². The lowest BCUT2D eigenvalue weighted by Crippen LogP contribution is -2.20. The quantitative estimate of drug-likeness (QED) is 0.470. The molecule has 7 heavy (non-hydrogen) atoms. The third-order valence-corrected chi connectivity index (χ3v) is 2.15. The topological polar surface area (TPSA) is 9.23 Å². The lowest BCUT2D eigenvalue weighted by Gasteiger charge is -2.11. The molecular formula is C4H11BrOSi. The van der Waals surface area contributed by atoms with Crippen molar-refractivity contribution in [2.75, 3.05) is 6.61 Å². The van der Waals surface area contributed by atoms with E-state index < -0.39 is 6.94 Å². The minimum atomic E-state index is -1.34. The highest BCUT2D eigenvalue weighted by atomic mass is 79.9. The minimum absolute atomic E-state index is 0.824. The summed E-state index contributed by atoms with van der Waals surface area (Å²) in [5, 5.41) is 0. The predicted molar refractivity (Wildman–Crippen MR) is 38.0 cm³/mol. The summed E-state index contributed by atoms with van der Waals surface area (Å²) >= 11 is 3.46. The van der Waals surface area contributed by atoms with Crippen molar-refractivity contribution < 1.29 is 4.43 Å². The van der Waals surface area contributed by atoms with E-state index in [0.717, 1.165) is 6.61 Å². The first-order chi connectivity index (χ1) is 3.06. The molecule has 0 atom stereocenters. The monoisotopic (exact) mass is 182 g/mol. The van der Waals surface area contributed by atoms with Gasteiger partial charge in [-0.1, -0.05) is 15.3 Å². The van der Waals surface area contributed by atoms with Gasteiger partial charge in [0.2, 0.25) is 0 Å². The lowest BCUT2D eigenvalue weighted by atomic mass is 10.9. The second-order valence-electron chi connectivity index (χ2n) is 1.80. The fraction of sp³-hybridized carbons (Fsp3) is 1.00. The maximum atomic E-state index is 5.28. The van der Waals surface area contributed by atoms with E-state index in [-0.39, 0.29) is 0 Å². The van der Waals surface area contributed by atoms with Crippen molar-refractivity contribution in [1.82, 2.24) is 0 Å². The zero-order chi connectivity index (χ0) is 5.91. The van der Waals surface area contributed by atoms with Gasteiger partial charge in [0.15, 0.2) is 0 Å². The molecule has 0 heterocycles. The molecule has 0 bridgehead atoms. The summed E-state index contributed by atoms with van der Waals surface area (Å²) in [6, 6.07) is 0. The van der Waals surface area contributed by atoms with Crippen LogP contribution in [0, 0.1) is 0 Å². The van der Waals surface area contributed by atoms with Crippen LogP contribution in [0.3, 0.4) is 0 Å². The number of halogens is 1. The molecule has 0 amide bonds. The molecule has 0 radical (unpaired) electrons. The van der Waals surface area contributed by atoms with Crippen LogP contribution in [0.4, 0.5) is 0 Å². The molecule has 0 aromatic heterocycles. The molecule has 0 aliphatic heterocycles. The van der Waals surface area contributed by atoms with E-state index in [0.29, 0.717) is 0 Å². The molecule has 0 N–H and O–H groups in total. The Balaban J connectivity index is 3.15. The summed E-state index contributed by atoms with van der Waals surface area (Å²) in [5.74, 6) is 0. The summed E-state index contributed by atoms with van der Waals surface area (Å²) in [5.41, 5.74) is 0. The van der Waals surface area contributed by atoms with Crippen LogP contribution < -0.4 is 0 Å². The third-order valence-electron chi connectivity index (χ3n) is 0.488. The standard InChI is InChI=1S/C4H11BrOSi/c1-4-6-7(2,3)5/h4H2,1-3H3. The summed E-state index contributed by atoms with van der Waals surface area (Å²) in [6.45, 7) is 5.70. The van der Waals surface area contributed by atoms with Crippen LogP contribution in [0.1, 0.15) is 6.92 Å². The normalized spacial score (nSPS) is 12.0. The van der Waals surface area contributed by atoms with Crippen molar-refractivity contribution in [3.05, 3.63) is 0 Å². The number of hydrogen-bond donors (Lipinski definition) is 0. The van der Waals surface area contributed by atoms with Gasteiger partial charge in [0.25, 0.3) is 6.94 Å². The Morgan fingerprint density at radius 2 is 2.00 bits per heavy atom. The molecule has 1 nitrogen and oxygen atoms in total. The first-order valence-electron chi connectivity index (χ1n) is 2.39. The summed E-state index contributed by atoms with van der Waals surface area (Å²) < 4.78 is 5.28. The molecule has 0 aromatic carbocycles. The molecule has 44 valence electrons. The lowest BCUT2D eigenvalue weighted by molar-refractivity contribution is 0.346. The Bertz CT molecular complexity index is 50.1. The third kappa shape index (κ3) is 6.66. The average molecular weight is 183 g/mol. The van der Waals surface area contributed by atoms with E-state index >= 15 is 0 Å². The molecule has 0 saturated carbocycles. The van der Waals surface area contributed by atoms with Crippen LogP contribution in [-0.4, -0.2) is 13.5 Å². The van der Waals surface area contributed by atoms with E-state index in [9.17, 15) is 0 Å². The van der Waals surface area contributed by atoms with Gasteiger partial charge in [-0.2, -0.15) is 0 Å². The van der Waals surface area contributed by atoms with Crippen molar-refractivity contribution in [3.63, 3.8) is 0 Å². The van der Waals surface area contributed by atoms with Crippen molar-refractivity contribution in [2.45, 2.75) is 20.0 Å². The summed E-state index contributed by atoms with van der Waals surface area (Å²) in [4.78, 5) is 0. The van der Waals surface area contributed by atoms with Crippen LogP contribution in [0.15, 0.2) is 0 Å². The Kier molecular flexibility index (Phi) is 3.11. The van der Waals surface area contributed by atoms with E-state index in [2.05, 4.69) is 28.4 Å². The summed E-state index contributed by atoms with van der Waals surface area (Å²) in [6.07, 6.45) is 0. The Hall–Kier alpha value is 0.657. The molecule has 3 heteroatoms. The SMILES string of the molecule is CCO[Si](C)(C)Br. The number of rotatable bonds is 2. The first-order valence-corrected chi connectivity index (χ1v) is 7.55. The largest absolute Gasteiger partial charge is 0.407 e. The molecule has 0 spiro atoms. The van der Waals surface area contributed by atoms with Gasteiger partial charge < -0.3 is 4.43 Å². The molecular weight excluding hydrogens is 172 g/mol. The van der Waals surface area contributed by atoms with Gasteiger partial charge in [0.05, 0.1) is 0 Å². The molecule has 0 unspecified atom stereocenters. The highest BCUT2D eigenvalue weighted by Crippen LogP contribution is 2.10. The molecule has 0 aliphatic rings. The highest BCUT2D eigenvalue weighted by Gasteiger charge is 2.14. The maximum absolute atomic E-state index is 5.28. The number of hydrogen-bond acceptors (Lipinski definition) is 1. The van der Waals surface area contributed by atoms with Crippen LogP contribution in [0.2, 0.25) is 13.1 Å². The van der Waals surface area contributed by atoms with E-state index in [1.165, 1.54) is 0 Å². The maximum Gasteiger partial charge on any atom is 0.257 e. The van der Waals surface area contributed by atoms with Crippen LogP contribution in [-0.2, 0) is 4.43 Å². The Morgan fingerprint density at radius 1 is 1.57 bits per heavy atom. The van der Waals surface area contributed by atoms with Crippen LogP contribution in [0.25, 0.3) is 0 Å². The molecule has 0 aliphatic carbocycles. The molecule has 0 fully saturated rings. The van der Waals surface area contributed by atoms with Gasteiger partial charge in [0.1, 0.15) is 0 Å². The van der Waals surface area contributed by atoms with Crippen molar-refractivity contribution in [2.24, 2.45) is 0 Å². The smallest absolute Gasteiger partial charge is 0.257 e. The molecule has 0 aromatic rings.